The van der Waals surface area contributed by atoms with Crippen LogP contribution in [-0.2, 0) is 14.8 Å². The van der Waals surface area contributed by atoms with Crippen LogP contribution in [0.15, 0.2) is 29.2 Å². The summed E-state index contributed by atoms with van der Waals surface area (Å²) in [6, 6.07) is 6.12. The first-order valence-corrected chi connectivity index (χ1v) is 8.57. The first-order chi connectivity index (χ1) is 9.99. The molecule has 0 heterocycles. The molecule has 0 aliphatic carbocycles. The van der Waals surface area contributed by atoms with E-state index in [1.807, 2.05) is 0 Å². The van der Waals surface area contributed by atoms with Crippen LogP contribution in [0.2, 0.25) is 0 Å². The summed E-state index contributed by atoms with van der Waals surface area (Å²) in [5, 5.41) is 2.74. The Bertz CT molecular complexity index is 541. The van der Waals surface area contributed by atoms with Crippen LogP contribution >= 0.6 is 0 Å². The van der Waals surface area contributed by atoms with Gasteiger partial charge in [0.25, 0.3) is 0 Å². The number of rotatable bonds is 9. The van der Waals surface area contributed by atoms with Crippen molar-refractivity contribution in [3.63, 3.8) is 0 Å². The lowest BCUT2D eigenvalue weighted by atomic mass is 10.2. The SMILES string of the molecule is CCNS(=O)(=O)c1ccc(NC(=O)CCCCCN)cc1. The van der Waals surface area contributed by atoms with Gasteiger partial charge in [-0.05, 0) is 43.7 Å². The van der Waals surface area contributed by atoms with Crippen LogP contribution in [0.4, 0.5) is 5.69 Å². The Morgan fingerprint density at radius 3 is 2.38 bits per heavy atom. The molecule has 0 unspecified atom stereocenters. The van der Waals surface area contributed by atoms with E-state index in [1.54, 1.807) is 19.1 Å². The third-order valence-corrected chi connectivity index (χ3v) is 4.45. The number of nitrogens with two attached hydrogens (primary N) is 1. The van der Waals surface area contributed by atoms with E-state index in [1.165, 1.54) is 12.1 Å². The second kappa shape index (κ2) is 8.76. The zero-order chi connectivity index (χ0) is 15.7. The molecular formula is C14H23N3O3S. The molecule has 118 valence electrons. The quantitative estimate of drug-likeness (QED) is 0.600. The third kappa shape index (κ3) is 6.24. The van der Waals surface area contributed by atoms with Crippen LogP contribution in [0.3, 0.4) is 0 Å². The van der Waals surface area contributed by atoms with Gasteiger partial charge >= 0.3 is 0 Å². The van der Waals surface area contributed by atoms with Crippen molar-refractivity contribution in [3.8, 4) is 0 Å². The Labute approximate surface area is 126 Å². The van der Waals surface area contributed by atoms with Gasteiger partial charge in [-0.25, -0.2) is 13.1 Å². The average Bonchev–Trinajstić information content (AvgIpc) is 2.44. The number of benzene rings is 1. The molecule has 1 rings (SSSR count). The maximum Gasteiger partial charge on any atom is 0.240 e. The van der Waals surface area contributed by atoms with Crippen LogP contribution in [0, 0.1) is 0 Å². The van der Waals surface area contributed by atoms with Gasteiger partial charge in [0.05, 0.1) is 4.90 Å². The van der Waals surface area contributed by atoms with Crippen molar-refractivity contribution in [2.24, 2.45) is 5.73 Å². The van der Waals surface area contributed by atoms with Gasteiger partial charge in [0.1, 0.15) is 0 Å². The minimum absolute atomic E-state index is 0.0747. The highest BCUT2D eigenvalue weighted by Gasteiger charge is 2.12. The van der Waals surface area contributed by atoms with E-state index in [2.05, 4.69) is 10.0 Å². The number of carbonyl (C=O) groups excluding carboxylic acids is 1. The lowest BCUT2D eigenvalue weighted by Crippen LogP contribution is -2.23. The monoisotopic (exact) mass is 313 g/mol. The molecule has 1 aromatic rings. The number of hydrogen-bond donors (Lipinski definition) is 3. The Morgan fingerprint density at radius 1 is 1.14 bits per heavy atom. The molecule has 1 amide bonds. The van der Waals surface area contributed by atoms with Crippen molar-refractivity contribution in [1.82, 2.24) is 4.72 Å². The van der Waals surface area contributed by atoms with Gasteiger partial charge < -0.3 is 11.1 Å². The first-order valence-electron chi connectivity index (χ1n) is 7.09. The van der Waals surface area contributed by atoms with Crippen molar-refractivity contribution in [2.45, 2.75) is 37.5 Å². The van der Waals surface area contributed by atoms with Gasteiger partial charge in [0.15, 0.2) is 0 Å². The fraction of sp³-hybridized carbons (Fsp3) is 0.500. The molecule has 0 aromatic heterocycles. The van der Waals surface area contributed by atoms with E-state index in [0.717, 1.165) is 19.3 Å². The summed E-state index contributed by atoms with van der Waals surface area (Å²) in [5.74, 6) is -0.0747. The molecule has 0 saturated carbocycles. The van der Waals surface area contributed by atoms with Gasteiger partial charge in [0, 0.05) is 18.7 Å². The van der Waals surface area contributed by atoms with E-state index in [9.17, 15) is 13.2 Å². The minimum Gasteiger partial charge on any atom is -0.330 e. The van der Waals surface area contributed by atoms with E-state index in [-0.39, 0.29) is 10.8 Å². The fourth-order valence-electron chi connectivity index (χ4n) is 1.82. The molecule has 0 bridgehead atoms. The Balaban J connectivity index is 2.53. The zero-order valence-electron chi connectivity index (χ0n) is 12.3. The molecule has 6 nitrogen and oxygen atoms in total. The van der Waals surface area contributed by atoms with Crippen molar-refractivity contribution in [2.75, 3.05) is 18.4 Å². The van der Waals surface area contributed by atoms with Crippen LogP contribution in [0.1, 0.15) is 32.6 Å². The summed E-state index contributed by atoms with van der Waals surface area (Å²) in [6.45, 7) is 2.70. The highest BCUT2D eigenvalue weighted by atomic mass is 32.2. The van der Waals surface area contributed by atoms with Crippen LogP contribution in [0.25, 0.3) is 0 Å². The fourth-order valence-corrected chi connectivity index (χ4v) is 2.86. The predicted octanol–water partition coefficient (Wildman–Crippen LogP) is 1.44. The maximum atomic E-state index is 11.8. The van der Waals surface area contributed by atoms with Crippen LogP contribution in [0.5, 0.6) is 0 Å². The predicted molar refractivity (Wildman–Crippen MR) is 83.5 cm³/mol. The van der Waals surface area contributed by atoms with Crippen LogP contribution < -0.4 is 15.8 Å². The molecule has 7 heteroatoms. The number of sulfonamides is 1. The second-order valence-electron chi connectivity index (χ2n) is 4.67. The Morgan fingerprint density at radius 2 is 1.81 bits per heavy atom. The molecule has 21 heavy (non-hydrogen) atoms. The summed E-state index contributed by atoms with van der Waals surface area (Å²) in [4.78, 5) is 11.9. The van der Waals surface area contributed by atoms with Gasteiger partial charge in [0.2, 0.25) is 15.9 Å². The number of unbranched alkanes of at least 4 members (excludes halogenated alkanes) is 2. The van der Waals surface area contributed by atoms with E-state index < -0.39 is 10.0 Å². The number of nitrogens with one attached hydrogen (secondary N) is 2. The van der Waals surface area contributed by atoms with Gasteiger partial charge in [-0.2, -0.15) is 0 Å². The Hall–Kier alpha value is -1.44. The third-order valence-electron chi connectivity index (χ3n) is 2.89. The van der Waals surface area contributed by atoms with E-state index in [0.29, 0.717) is 25.2 Å². The molecule has 0 spiro atoms. The Kier molecular flexibility index (Phi) is 7.35. The standard InChI is InChI=1S/C14H23N3O3S/c1-2-16-21(19,20)13-9-7-12(8-10-13)17-14(18)6-4-3-5-11-15/h7-10,16H,2-6,11,15H2,1H3,(H,17,18). The molecule has 0 aliphatic rings. The molecule has 1 aromatic carbocycles. The van der Waals surface area contributed by atoms with Gasteiger partial charge in [-0.1, -0.05) is 13.3 Å². The molecule has 4 N–H and O–H groups in total. The number of anilines is 1. The number of carbonyl (C=O) groups is 1. The lowest BCUT2D eigenvalue weighted by Gasteiger charge is -2.07. The van der Waals surface area contributed by atoms with E-state index in [4.69, 9.17) is 5.73 Å². The molecular weight excluding hydrogens is 290 g/mol. The van der Waals surface area contributed by atoms with Gasteiger partial charge in [-0.3, -0.25) is 4.79 Å². The summed E-state index contributed by atoms with van der Waals surface area (Å²) >= 11 is 0. The summed E-state index contributed by atoms with van der Waals surface area (Å²) < 4.78 is 25.9. The van der Waals surface area contributed by atoms with Crippen molar-refractivity contribution < 1.29 is 13.2 Å². The lowest BCUT2D eigenvalue weighted by molar-refractivity contribution is -0.116. The topological polar surface area (TPSA) is 101 Å². The van der Waals surface area contributed by atoms with Crippen molar-refractivity contribution in [1.29, 1.82) is 0 Å². The largest absolute Gasteiger partial charge is 0.330 e. The smallest absolute Gasteiger partial charge is 0.240 e. The molecule has 0 aliphatic heterocycles. The molecule has 0 fully saturated rings. The molecule has 0 saturated heterocycles. The summed E-state index contributed by atoms with van der Waals surface area (Å²) in [7, 11) is -3.45. The highest BCUT2D eigenvalue weighted by Crippen LogP contribution is 2.14. The summed E-state index contributed by atoms with van der Waals surface area (Å²) in [6.07, 6.45) is 3.10. The first kappa shape index (κ1) is 17.6. The number of amides is 1. The van der Waals surface area contributed by atoms with E-state index >= 15 is 0 Å². The minimum atomic E-state index is -3.45. The van der Waals surface area contributed by atoms with Gasteiger partial charge in [-0.15, -0.1) is 0 Å². The zero-order valence-corrected chi connectivity index (χ0v) is 13.1. The molecule has 0 radical (unpaired) electrons. The van der Waals surface area contributed by atoms with Crippen molar-refractivity contribution >= 4 is 21.6 Å². The van der Waals surface area contributed by atoms with Crippen LogP contribution in [-0.4, -0.2) is 27.4 Å². The highest BCUT2D eigenvalue weighted by molar-refractivity contribution is 7.89. The maximum absolute atomic E-state index is 11.8. The molecule has 0 atom stereocenters. The van der Waals surface area contributed by atoms with Crippen molar-refractivity contribution in [3.05, 3.63) is 24.3 Å². The normalized spacial score (nSPS) is 11.3. The second-order valence-corrected chi connectivity index (χ2v) is 6.44. The summed E-state index contributed by atoms with van der Waals surface area (Å²) in [5.41, 5.74) is 5.98. The average molecular weight is 313 g/mol. The number of hydrogen-bond acceptors (Lipinski definition) is 4.